The summed E-state index contributed by atoms with van der Waals surface area (Å²) in [4.78, 5) is 0. The Balaban J connectivity index is -0.00000000224. The van der Waals surface area contributed by atoms with Gasteiger partial charge >= 0.3 is 0 Å². The first-order valence-electron chi connectivity index (χ1n) is 2.39. The van der Waals surface area contributed by atoms with Crippen molar-refractivity contribution >= 4 is 0 Å². The molecule has 0 N–H and O–H groups in total. The van der Waals surface area contributed by atoms with Crippen LogP contribution in [0.5, 0.6) is 0 Å². The second-order valence-electron chi connectivity index (χ2n) is 1.95. The molecule has 0 rings (SSSR count). The molecule has 0 atom stereocenters. The summed E-state index contributed by atoms with van der Waals surface area (Å²) in [5, 5.41) is 3.50. The van der Waals surface area contributed by atoms with Gasteiger partial charge in [0.25, 0.3) is 0 Å². The molecule has 0 aromatic carbocycles. The summed E-state index contributed by atoms with van der Waals surface area (Å²) in [5.41, 5.74) is 0. The van der Waals surface area contributed by atoms with Gasteiger partial charge in [0.15, 0.2) is 0 Å². The largest absolute Gasteiger partial charge is 0.668 e. The van der Waals surface area contributed by atoms with Crippen LogP contribution in [0, 0.1) is 5.92 Å². The van der Waals surface area contributed by atoms with Crippen LogP contribution in [0.15, 0.2) is 0 Å². The molecule has 0 heterocycles. The topological polar surface area (TPSA) is 14.1 Å². The molecule has 9 radical (unpaired) electrons. The van der Waals surface area contributed by atoms with Crippen LogP contribution in [0.3, 0.4) is 0 Å². The van der Waals surface area contributed by atoms with Crippen molar-refractivity contribution in [3.05, 3.63) is 11.2 Å². The Labute approximate surface area is 330 Å². The maximum absolute atomic E-state index is 3.50. The van der Waals surface area contributed by atoms with Crippen molar-refractivity contribution in [2.45, 2.75) is 20.8 Å². The van der Waals surface area contributed by atoms with Gasteiger partial charge in [0.05, 0.1) is 0 Å². The average molecular weight is 901 g/mol. The van der Waals surface area contributed by atoms with E-state index in [2.05, 4.69) is 26.1 Å². The summed E-state index contributed by atoms with van der Waals surface area (Å²) in [5.74, 6) is 1.42. The van der Waals surface area contributed by atoms with E-state index in [9.17, 15) is 0 Å². The standard InChI is InChI=1S/C4H9.C2H6N.9Y/c1-4(2)3;1-3-2;;;;;;;;;/h1-3H3;1-2H3;;;;;;;;;/q2*-1;;;;;;;;;. The molecule has 0 fully saturated rings. The second-order valence-corrected chi connectivity index (χ2v) is 1.95. The van der Waals surface area contributed by atoms with E-state index in [1.165, 1.54) is 5.92 Å². The van der Waals surface area contributed by atoms with Gasteiger partial charge in [-0.25, -0.2) is 0 Å². The Morgan fingerprint density at radius 2 is 0.500 bits per heavy atom. The van der Waals surface area contributed by atoms with Crippen LogP contribution in [0.1, 0.15) is 20.8 Å². The van der Waals surface area contributed by atoms with Crippen molar-refractivity contribution in [3.63, 3.8) is 0 Å². The monoisotopic (exact) mass is 901 g/mol. The molecular formula is C6H15NY9-2. The van der Waals surface area contributed by atoms with Crippen LogP contribution >= 0.6 is 0 Å². The minimum Gasteiger partial charge on any atom is -0.668 e. The van der Waals surface area contributed by atoms with E-state index in [0.29, 0.717) is 0 Å². The van der Waals surface area contributed by atoms with Crippen LogP contribution in [-0.2, 0) is 294 Å². The molecule has 0 saturated heterocycles. The van der Waals surface area contributed by atoms with Gasteiger partial charge in [-0.15, -0.1) is 0 Å². The van der Waals surface area contributed by atoms with Crippen molar-refractivity contribution in [2.75, 3.05) is 14.1 Å². The van der Waals surface area contributed by atoms with Gasteiger partial charge in [0.2, 0.25) is 0 Å². The number of hydrogen-bond donors (Lipinski definition) is 0. The normalized spacial score (nSPS) is 3.38. The fourth-order valence-electron chi connectivity index (χ4n) is 0. The van der Waals surface area contributed by atoms with Crippen LogP contribution in [-0.4, -0.2) is 14.1 Å². The van der Waals surface area contributed by atoms with Crippen molar-refractivity contribution < 1.29 is 294 Å². The fraction of sp³-hybridized carbons (Fsp3) is 0.833. The van der Waals surface area contributed by atoms with Gasteiger partial charge in [0, 0.05) is 294 Å². The molecule has 0 aliphatic heterocycles. The van der Waals surface area contributed by atoms with Crippen molar-refractivity contribution in [2.24, 2.45) is 0 Å². The molecule has 1 nitrogen and oxygen atoms in total. The summed E-state index contributed by atoms with van der Waals surface area (Å²) < 4.78 is 0. The smallest absolute Gasteiger partial charge is 0 e. The summed E-state index contributed by atoms with van der Waals surface area (Å²) in [6.45, 7) is 6.25. The summed E-state index contributed by atoms with van der Waals surface area (Å²) in [7, 11) is 3.50. The summed E-state index contributed by atoms with van der Waals surface area (Å²) >= 11 is 0. The molecule has 0 aliphatic rings. The SMILES string of the molecule is C[C-](C)C.C[N-]C.[Y].[Y].[Y].[Y].[Y].[Y].[Y].[Y].[Y]. The first kappa shape index (κ1) is 72.3. The molecule has 0 spiro atoms. The second kappa shape index (κ2) is 73.6. The zero-order valence-electron chi connectivity index (χ0n) is 11.1. The zero-order chi connectivity index (χ0) is 6.28. The number of hydrogen-bond acceptors (Lipinski definition) is 0. The Morgan fingerprint density at radius 3 is 0.500 bits per heavy atom. The molecule has 16 heavy (non-hydrogen) atoms. The van der Waals surface area contributed by atoms with E-state index in [-0.39, 0.29) is 294 Å². The van der Waals surface area contributed by atoms with Crippen LogP contribution in [0.2, 0.25) is 0 Å². The third-order valence-corrected chi connectivity index (χ3v) is 0. The van der Waals surface area contributed by atoms with E-state index < -0.39 is 0 Å². The van der Waals surface area contributed by atoms with Crippen LogP contribution < -0.4 is 0 Å². The van der Waals surface area contributed by atoms with E-state index in [1.54, 1.807) is 14.1 Å². The van der Waals surface area contributed by atoms with Gasteiger partial charge in [-0.2, -0.15) is 34.9 Å². The van der Waals surface area contributed by atoms with Gasteiger partial charge in [-0.05, 0) is 0 Å². The van der Waals surface area contributed by atoms with Gasteiger partial charge < -0.3 is 11.2 Å². The fourth-order valence-corrected chi connectivity index (χ4v) is 0. The molecule has 0 amide bonds. The maximum atomic E-state index is 3.50. The number of rotatable bonds is 0. The quantitative estimate of drug-likeness (QED) is 0.332. The molecule has 0 aromatic rings. The minimum atomic E-state index is 0. The molecule has 0 aliphatic carbocycles. The molecule has 0 aromatic heterocycles. The van der Waals surface area contributed by atoms with E-state index in [1.807, 2.05) is 0 Å². The maximum Gasteiger partial charge on any atom is 0 e. The Kier molecular flexibility index (Phi) is 333. The van der Waals surface area contributed by atoms with Gasteiger partial charge in [-0.3, -0.25) is 0 Å². The molecule has 10 heteroatoms. The molecule has 0 unspecified atom stereocenters. The van der Waals surface area contributed by atoms with Crippen molar-refractivity contribution in [3.8, 4) is 0 Å². The van der Waals surface area contributed by atoms with Crippen LogP contribution in [0.25, 0.3) is 5.32 Å². The van der Waals surface area contributed by atoms with Gasteiger partial charge in [0.1, 0.15) is 0 Å². The van der Waals surface area contributed by atoms with E-state index in [0.717, 1.165) is 0 Å². The third kappa shape index (κ3) is 128. The Morgan fingerprint density at radius 1 is 0.500 bits per heavy atom. The van der Waals surface area contributed by atoms with E-state index >= 15 is 0 Å². The van der Waals surface area contributed by atoms with Gasteiger partial charge in [-0.1, -0.05) is 0 Å². The first-order chi connectivity index (χ1) is 3.15. The molecule has 73 valence electrons. The Bertz CT molecular complexity index is 31.2. The Hall–Kier alpha value is 9.90. The average Bonchev–Trinajstić information content (AvgIpc) is 1.33. The van der Waals surface area contributed by atoms with Crippen LogP contribution in [0.4, 0.5) is 0 Å². The van der Waals surface area contributed by atoms with E-state index in [4.69, 9.17) is 0 Å². The van der Waals surface area contributed by atoms with Crippen molar-refractivity contribution in [1.29, 1.82) is 0 Å². The number of nitrogens with zero attached hydrogens (tertiary/aromatic N) is 1. The third-order valence-electron chi connectivity index (χ3n) is 0. The zero-order valence-corrected chi connectivity index (χ0v) is 36.7. The predicted octanol–water partition coefficient (Wildman–Crippen LogP) is 2.22. The molecule has 0 saturated carbocycles. The molecule has 0 bridgehead atoms. The minimum absolute atomic E-state index is 0. The molecular weight excluding hydrogens is 886 g/mol. The first-order valence-corrected chi connectivity index (χ1v) is 2.39. The van der Waals surface area contributed by atoms with Crippen molar-refractivity contribution in [1.82, 2.24) is 0 Å². The predicted molar refractivity (Wildman–Crippen MR) is 35.5 cm³/mol. The summed E-state index contributed by atoms with van der Waals surface area (Å²) in [6, 6.07) is 0. The summed E-state index contributed by atoms with van der Waals surface area (Å²) in [6.07, 6.45) is 0.